The van der Waals surface area contributed by atoms with Gasteiger partial charge in [-0.15, -0.1) is 0 Å². The highest BCUT2D eigenvalue weighted by molar-refractivity contribution is 5.93. The molecule has 1 aliphatic heterocycles. The van der Waals surface area contributed by atoms with Crippen LogP contribution in [0.4, 0.5) is 20.3 Å². The van der Waals surface area contributed by atoms with Crippen molar-refractivity contribution in [3.63, 3.8) is 0 Å². The van der Waals surface area contributed by atoms with Gasteiger partial charge in [-0.05, 0) is 35.7 Å². The lowest BCUT2D eigenvalue weighted by atomic mass is 10.1. The van der Waals surface area contributed by atoms with Crippen LogP contribution in [0.5, 0.6) is 5.75 Å². The van der Waals surface area contributed by atoms with Crippen LogP contribution in [0.25, 0.3) is 21.7 Å². The van der Waals surface area contributed by atoms with E-state index in [1.54, 1.807) is 13.2 Å². The van der Waals surface area contributed by atoms with Gasteiger partial charge in [-0.2, -0.15) is 4.39 Å². The molecule has 0 bridgehead atoms. The molecule has 1 aliphatic rings. The Balaban J connectivity index is 1.21. The van der Waals surface area contributed by atoms with Gasteiger partial charge in [0.1, 0.15) is 23.0 Å². The lowest BCUT2D eigenvalue weighted by Crippen LogP contribution is -2.49. The monoisotopic (exact) mass is 496 g/mol. The Bertz CT molecular complexity index is 1450. The summed E-state index contributed by atoms with van der Waals surface area (Å²) in [7, 11) is 1.59. The summed E-state index contributed by atoms with van der Waals surface area (Å²) in [5, 5.41) is 15.7. The predicted octanol–water partition coefficient (Wildman–Crippen LogP) is 3.22. The van der Waals surface area contributed by atoms with Gasteiger partial charge < -0.3 is 24.5 Å². The Morgan fingerprint density at radius 2 is 1.89 bits per heavy atom. The number of hydrogen-bond donors (Lipinski definition) is 2. The van der Waals surface area contributed by atoms with Crippen LogP contribution in [0.3, 0.4) is 0 Å². The Kier molecular flexibility index (Phi) is 6.71. The average Bonchev–Trinajstić information content (AvgIpc) is 2.87. The zero-order valence-corrected chi connectivity index (χ0v) is 19.7. The number of aromatic nitrogens is 1. The molecule has 0 saturated carbocycles. The third kappa shape index (κ3) is 5.09. The number of pyridine rings is 1. The van der Waals surface area contributed by atoms with E-state index in [-0.39, 0.29) is 12.1 Å². The molecule has 0 aliphatic carbocycles. The van der Waals surface area contributed by atoms with E-state index in [1.807, 2.05) is 17.0 Å². The minimum Gasteiger partial charge on any atom is -0.497 e. The molecule has 188 valence electrons. The number of fused-ring (bicyclic) bond motifs is 2. The first-order chi connectivity index (χ1) is 17.4. The summed E-state index contributed by atoms with van der Waals surface area (Å²) in [5.41, 5.74) is 0.121. The van der Waals surface area contributed by atoms with Gasteiger partial charge in [0.05, 0.1) is 18.9 Å². The second-order valence-corrected chi connectivity index (χ2v) is 8.80. The number of rotatable bonds is 7. The number of nitrogens with zero attached hydrogens (tertiary/aromatic N) is 3. The normalized spacial score (nSPS) is 15.4. The molecule has 2 aromatic heterocycles. The van der Waals surface area contributed by atoms with E-state index in [0.717, 1.165) is 10.8 Å². The van der Waals surface area contributed by atoms with E-state index < -0.39 is 23.5 Å². The number of ether oxygens (including phenoxy) is 1. The van der Waals surface area contributed by atoms with Gasteiger partial charge in [0.15, 0.2) is 0 Å². The van der Waals surface area contributed by atoms with Crippen LogP contribution in [0, 0.1) is 11.8 Å². The lowest BCUT2D eigenvalue weighted by Gasteiger charge is -2.36. The third-order valence-electron chi connectivity index (χ3n) is 6.36. The molecule has 2 aromatic carbocycles. The molecule has 0 spiro atoms. The molecule has 0 radical (unpaired) electrons. The van der Waals surface area contributed by atoms with Crippen LogP contribution in [0.15, 0.2) is 57.7 Å². The minimum atomic E-state index is -0.732. The molecule has 3 heterocycles. The summed E-state index contributed by atoms with van der Waals surface area (Å²) in [6.45, 7) is 3.12. The molecule has 4 aromatic rings. The van der Waals surface area contributed by atoms with E-state index >= 15 is 0 Å². The number of aliphatic hydroxyl groups is 1. The topological polar surface area (TPSA) is 91.1 Å². The second-order valence-electron chi connectivity index (χ2n) is 8.80. The van der Waals surface area contributed by atoms with Gasteiger partial charge in [-0.1, -0.05) is 6.07 Å². The molecule has 8 nitrogen and oxygen atoms in total. The highest BCUT2D eigenvalue weighted by Crippen LogP contribution is 2.30. The molecule has 1 fully saturated rings. The standard InChI is InChI=1S/C26H26F2N4O4/c1-35-19-4-2-16-10-24(28)30-26(20(16)12-19)32-8-6-31(7-9-32)15-18(33)14-29-22-13-25(34)36-23-5-3-17(27)11-21(22)23/h2-5,10-13,18,29,33H,6-9,14-15H2,1H3. The molecule has 1 atom stereocenters. The van der Waals surface area contributed by atoms with Gasteiger partial charge in [-0.25, -0.2) is 14.2 Å². The molecule has 1 saturated heterocycles. The maximum absolute atomic E-state index is 14.2. The molecule has 2 N–H and O–H groups in total. The fourth-order valence-corrected chi connectivity index (χ4v) is 4.56. The zero-order chi connectivity index (χ0) is 25.2. The van der Waals surface area contributed by atoms with Gasteiger partial charge in [-0.3, -0.25) is 4.90 Å². The van der Waals surface area contributed by atoms with Crippen molar-refractivity contribution < 1.29 is 23.0 Å². The van der Waals surface area contributed by atoms with Crippen molar-refractivity contribution in [2.24, 2.45) is 0 Å². The van der Waals surface area contributed by atoms with E-state index in [4.69, 9.17) is 9.15 Å². The summed E-state index contributed by atoms with van der Waals surface area (Å²) >= 11 is 0. The number of anilines is 2. The van der Waals surface area contributed by atoms with Crippen LogP contribution < -0.4 is 20.6 Å². The SMILES string of the molecule is COc1ccc2cc(F)nc(N3CCN(CC(O)CNc4cc(=O)oc5ccc(F)cc45)CC3)c2c1. The van der Waals surface area contributed by atoms with E-state index in [2.05, 4.69) is 15.2 Å². The lowest BCUT2D eigenvalue weighted by molar-refractivity contribution is 0.118. The predicted molar refractivity (Wildman–Crippen MR) is 134 cm³/mol. The zero-order valence-electron chi connectivity index (χ0n) is 19.7. The van der Waals surface area contributed by atoms with E-state index in [9.17, 15) is 18.7 Å². The van der Waals surface area contributed by atoms with Gasteiger partial charge >= 0.3 is 5.63 Å². The first-order valence-electron chi connectivity index (χ1n) is 11.7. The molecule has 10 heteroatoms. The molecule has 0 amide bonds. The van der Waals surface area contributed by atoms with Crippen molar-refractivity contribution in [1.82, 2.24) is 9.88 Å². The van der Waals surface area contributed by atoms with Gasteiger partial charge in [0.2, 0.25) is 5.95 Å². The number of halogens is 2. The maximum Gasteiger partial charge on any atom is 0.338 e. The van der Waals surface area contributed by atoms with Crippen molar-refractivity contribution in [1.29, 1.82) is 0 Å². The summed E-state index contributed by atoms with van der Waals surface area (Å²) < 4.78 is 38.3. The van der Waals surface area contributed by atoms with Crippen molar-refractivity contribution in [3.05, 3.63) is 70.7 Å². The van der Waals surface area contributed by atoms with E-state index in [0.29, 0.717) is 55.4 Å². The van der Waals surface area contributed by atoms with Crippen LogP contribution >= 0.6 is 0 Å². The van der Waals surface area contributed by atoms with Crippen molar-refractivity contribution in [2.45, 2.75) is 6.10 Å². The fourth-order valence-electron chi connectivity index (χ4n) is 4.56. The summed E-state index contributed by atoms with van der Waals surface area (Å²) in [5.74, 6) is 0.275. The van der Waals surface area contributed by atoms with Crippen LogP contribution in [0.1, 0.15) is 0 Å². The quantitative estimate of drug-likeness (QED) is 0.298. The maximum atomic E-state index is 14.2. The first kappa shape index (κ1) is 24.0. The number of β-amino-alcohol motifs (C(OH)–C–C–N with tert-alkyl or cyclic N) is 1. The number of hydrogen-bond acceptors (Lipinski definition) is 8. The Hall–Kier alpha value is -3.76. The summed E-state index contributed by atoms with van der Waals surface area (Å²) in [6, 6.07) is 12.0. The number of aliphatic hydroxyl groups excluding tert-OH is 1. The molecular weight excluding hydrogens is 470 g/mol. The van der Waals surface area contributed by atoms with Crippen molar-refractivity contribution in [2.75, 3.05) is 56.6 Å². The van der Waals surface area contributed by atoms with E-state index in [1.165, 1.54) is 30.3 Å². The number of benzene rings is 2. The second kappa shape index (κ2) is 10.1. The third-order valence-corrected chi connectivity index (χ3v) is 6.36. The number of nitrogens with one attached hydrogen (secondary N) is 1. The van der Waals surface area contributed by atoms with Crippen molar-refractivity contribution in [3.8, 4) is 5.75 Å². The summed E-state index contributed by atoms with van der Waals surface area (Å²) in [6.07, 6.45) is -0.732. The average molecular weight is 497 g/mol. The number of piperazine rings is 1. The van der Waals surface area contributed by atoms with Gasteiger partial charge in [0, 0.05) is 62.2 Å². The Morgan fingerprint density at radius 3 is 2.67 bits per heavy atom. The van der Waals surface area contributed by atoms with Crippen molar-refractivity contribution >= 4 is 33.2 Å². The molecule has 36 heavy (non-hydrogen) atoms. The van der Waals surface area contributed by atoms with Crippen LogP contribution in [0.2, 0.25) is 0 Å². The van der Waals surface area contributed by atoms with Crippen LogP contribution in [-0.4, -0.2) is 67.5 Å². The molecular formula is C26H26F2N4O4. The Morgan fingerprint density at radius 1 is 1.08 bits per heavy atom. The Labute approximate surface area is 205 Å². The minimum absolute atomic E-state index is 0.172. The highest BCUT2D eigenvalue weighted by atomic mass is 19.1. The first-order valence-corrected chi connectivity index (χ1v) is 11.7. The highest BCUT2D eigenvalue weighted by Gasteiger charge is 2.22. The van der Waals surface area contributed by atoms with Crippen LogP contribution in [-0.2, 0) is 0 Å². The largest absolute Gasteiger partial charge is 0.497 e. The molecule has 1 unspecified atom stereocenters. The summed E-state index contributed by atoms with van der Waals surface area (Å²) in [4.78, 5) is 20.1. The number of methoxy groups -OCH3 is 1. The smallest absolute Gasteiger partial charge is 0.338 e. The molecule has 5 rings (SSSR count). The van der Waals surface area contributed by atoms with Gasteiger partial charge in [0.25, 0.3) is 0 Å². The fraction of sp³-hybridized carbons (Fsp3) is 0.308.